The van der Waals surface area contributed by atoms with E-state index < -0.39 is 5.25 Å². The van der Waals surface area contributed by atoms with Crippen molar-refractivity contribution in [3.05, 3.63) is 114 Å². The van der Waals surface area contributed by atoms with Crippen LogP contribution in [0, 0.1) is 0 Å². The second kappa shape index (κ2) is 12.0. The van der Waals surface area contributed by atoms with Crippen LogP contribution < -0.4 is 20.1 Å². The highest BCUT2D eigenvalue weighted by atomic mass is 32.2. The van der Waals surface area contributed by atoms with Gasteiger partial charge in [0.25, 0.3) is 5.91 Å². The van der Waals surface area contributed by atoms with Crippen LogP contribution in [0.5, 0.6) is 11.5 Å². The molecular formula is C29H26N2O4S. The molecule has 0 aliphatic carbocycles. The lowest BCUT2D eigenvalue weighted by Crippen LogP contribution is -2.19. The summed E-state index contributed by atoms with van der Waals surface area (Å²) in [7, 11) is 3.17. The highest BCUT2D eigenvalue weighted by Crippen LogP contribution is 2.37. The zero-order chi connectivity index (χ0) is 25.3. The van der Waals surface area contributed by atoms with Crippen molar-refractivity contribution in [2.24, 2.45) is 0 Å². The molecule has 36 heavy (non-hydrogen) atoms. The van der Waals surface area contributed by atoms with Crippen molar-refractivity contribution in [2.75, 3.05) is 24.9 Å². The molecule has 4 rings (SSSR count). The number of carbonyl (C=O) groups excluding carboxylic acids is 2. The van der Waals surface area contributed by atoms with E-state index in [1.807, 2.05) is 72.8 Å². The number of rotatable bonds is 9. The molecular weight excluding hydrogens is 472 g/mol. The number of amides is 2. The molecule has 182 valence electrons. The molecule has 4 aromatic carbocycles. The summed E-state index contributed by atoms with van der Waals surface area (Å²) in [5, 5.41) is 5.41. The average Bonchev–Trinajstić information content (AvgIpc) is 2.93. The Balaban J connectivity index is 1.47. The van der Waals surface area contributed by atoms with Gasteiger partial charge in [0, 0.05) is 27.9 Å². The topological polar surface area (TPSA) is 76.7 Å². The number of nitrogens with one attached hydrogen (secondary N) is 2. The Morgan fingerprint density at radius 2 is 1.39 bits per heavy atom. The number of carbonyl (C=O) groups is 2. The summed E-state index contributed by atoms with van der Waals surface area (Å²) in [5.74, 6) is 1.01. The van der Waals surface area contributed by atoms with Crippen LogP contribution in [-0.4, -0.2) is 26.0 Å². The molecule has 0 heterocycles. The van der Waals surface area contributed by atoms with Crippen molar-refractivity contribution in [1.82, 2.24) is 0 Å². The molecule has 0 aliphatic heterocycles. The van der Waals surface area contributed by atoms with Crippen LogP contribution in [0.25, 0.3) is 0 Å². The van der Waals surface area contributed by atoms with Gasteiger partial charge in [-0.05, 0) is 66.2 Å². The van der Waals surface area contributed by atoms with Gasteiger partial charge in [-0.15, -0.1) is 11.8 Å². The van der Waals surface area contributed by atoms with Gasteiger partial charge in [0.1, 0.15) is 16.7 Å². The van der Waals surface area contributed by atoms with Gasteiger partial charge < -0.3 is 20.1 Å². The van der Waals surface area contributed by atoms with Gasteiger partial charge in [0.15, 0.2) is 0 Å². The fourth-order valence-electron chi connectivity index (χ4n) is 3.51. The zero-order valence-electron chi connectivity index (χ0n) is 19.9. The number of methoxy groups -OCH3 is 2. The number of thioether (sulfide) groups is 1. The molecule has 7 heteroatoms. The monoisotopic (exact) mass is 498 g/mol. The molecule has 2 N–H and O–H groups in total. The van der Waals surface area contributed by atoms with Crippen molar-refractivity contribution in [3.8, 4) is 11.5 Å². The van der Waals surface area contributed by atoms with Gasteiger partial charge >= 0.3 is 0 Å². The maximum absolute atomic E-state index is 13.3. The third-order valence-corrected chi connectivity index (χ3v) is 6.66. The van der Waals surface area contributed by atoms with Gasteiger partial charge in [-0.3, -0.25) is 9.59 Å². The number of benzene rings is 4. The van der Waals surface area contributed by atoms with E-state index >= 15 is 0 Å². The first-order valence-electron chi connectivity index (χ1n) is 11.3. The maximum Gasteiger partial charge on any atom is 0.255 e. The minimum atomic E-state index is -0.475. The maximum atomic E-state index is 13.3. The molecule has 0 spiro atoms. The Labute approximate surface area is 214 Å². The molecule has 4 aromatic rings. The summed E-state index contributed by atoms with van der Waals surface area (Å²) >= 11 is 1.44. The Morgan fingerprint density at radius 3 is 2.06 bits per heavy atom. The minimum absolute atomic E-state index is 0.142. The van der Waals surface area contributed by atoms with E-state index in [2.05, 4.69) is 10.6 Å². The molecule has 1 unspecified atom stereocenters. The van der Waals surface area contributed by atoms with Crippen molar-refractivity contribution < 1.29 is 19.1 Å². The summed E-state index contributed by atoms with van der Waals surface area (Å²) in [6, 6.07) is 31.2. The number of hydrogen-bond acceptors (Lipinski definition) is 5. The summed E-state index contributed by atoms with van der Waals surface area (Å²) in [5.41, 5.74) is 2.75. The number of anilines is 2. The lowest BCUT2D eigenvalue weighted by Gasteiger charge is -2.18. The minimum Gasteiger partial charge on any atom is -0.497 e. The highest BCUT2D eigenvalue weighted by Gasteiger charge is 2.22. The summed E-state index contributed by atoms with van der Waals surface area (Å²) in [4.78, 5) is 26.7. The molecule has 0 radical (unpaired) electrons. The first-order valence-corrected chi connectivity index (χ1v) is 12.2. The number of hydrogen-bond donors (Lipinski definition) is 2. The largest absolute Gasteiger partial charge is 0.497 e. The normalized spacial score (nSPS) is 11.3. The lowest BCUT2D eigenvalue weighted by molar-refractivity contribution is -0.115. The second-order valence-corrected chi connectivity index (χ2v) is 9.02. The highest BCUT2D eigenvalue weighted by molar-refractivity contribution is 8.00. The molecule has 0 saturated heterocycles. The lowest BCUT2D eigenvalue weighted by atomic mass is 10.1. The first kappa shape index (κ1) is 24.9. The molecule has 6 nitrogen and oxygen atoms in total. The van der Waals surface area contributed by atoms with Gasteiger partial charge in [-0.25, -0.2) is 0 Å². The van der Waals surface area contributed by atoms with E-state index in [0.29, 0.717) is 28.4 Å². The molecule has 0 saturated carbocycles. The third-order valence-electron chi connectivity index (χ3n) is 5.40. The van der Waals surface area contributed by atoms with Crippen LogP contribution in [0.1, 0.15) is 21.2 Å². The van der Waals surface area contributed by atoms with Gasteiger partial charge in [-0.1, -0.05) is 36.4 Å². The van der Waals surface area contributed by atoms with Crippen LogP contribution in [0.4, 0.5) is 11.4 Å². The van der Waals surface area contributed by atoms with E-state index in [1.54, 1.807) is 44.6 Å². The van der Waals surface area contributed by atoms with E-state index in [4.69, 9.17) is 9.47 Å². The van der Waals surface area contributed by atoms with E-state index in [9.17, 15) is 9.59 Å². The molecule has 0 fully saturated rings. The molecule has 0 aromatic heterocycles. The molecule has 1 atom stereocenters. The van der Waals surface area contributed by atoms with Crippen molar-refractivity contribution in [3.63, 3.8) is 0 Å². The molecule has 0 aliphatic rings. The van der Waals surface area contributed by atoms with E-state index in [1.165, 1.54) is 11.8 Å². The van der Waals surface area contributed by atoms with Gasteiger partial charge in [0.2, 0.25) is 5.91 Å². The molecule has 2 amide bonds. The first-order chi connectivity index (χ1) is 17.6. The Morgan fingerprint density at radius 1 is 0.694 bits per heavy atom. The quantitative estimate of drug-likeness (QED) is 0.260. The van der Waals surface area contributed by atoms with Crippen LogP contribution in [0.2, 0.25) is 0 Å². The van der Waals surface area contributed by atoms with Crippen molar-refractivity contribution >= 4 is 35.0 Å². The van der Waals surface area contributed by atoms with Crippen LogP contribution in [0.15, 0.2) is 108 Å². The van der Waals surface area contributed by atoms with Crippen molar-refractivity contribution in [1.29, 1.82) is 0 Å². The Bertz CT molecular complexity index is 1310. The van der Waals surface area contributed by atoms with Crippen LogP contribution in [-0.2, 0) is 4.79 Å². The van der Waals surface area contributed by atoms with Crippen molar-refractivity contribution in [2.45, 2.75) is 10.1 Å². The van der Waals surface area contributed by atoms with E-state index in [0.717, 1.165) is 10.5 Å². The van der Waals surface area contributed by atoms with E-state index in [-0.39, 0.29) is 11.8 Å². The Hall–Kier alpha value is -4.23. The standard InChI is InChI=1S/C29H26N2O4S/c1-34-24-15-11-21(12-16-24)28(32)30-22-13-17-26(18-14-22)36-27(20-7-4-3-5-8-20)29(33)31-23-9-6-10-25(19-23)35-2/h3-19,27H,1-2H3,(H,30,32)(H,31,33). The van der Waals surface area contributed by atoms with Gasteiger partial charge in [0.05, 0.1) is 14.2 Å². The predicted molar refractivity (Wildman–Crippen MR) is 144 cm³/mol. The Kier molecular flexibility index (Phi) is 8.26. The molecule has 0 bridgehead atoms. The second-order valence-electron chi connectivity index (χ2n) is 7.84. The predicted octanol–water partition coefficient (Wildman–Crippen LogP) is 6.43. The fourth-order valence-corrected chi connectivity index (χ4v) is 4.53. The van der Waals surface area contributed by atoms with Crippen LogP contribution >= 0.6 is 11.8 Å². The summed E-state index contributed by atoms with van der Waals surface area (Å²) < 4.78 is 10.4. The third kappa shape index (κ3) is 6.46. The zero-order valence-corrected chi connectivity index (χ0v) is 20.8. The number of ether oxygens (including phenoxy) is 2. The van der Waals surface area contributed by atoms with Gasteiger partial charge in [-0.2, -0.15) is 0 Å². The fraction of sp³-hybridized carbons (Fsp3) is 0.103. The van der Waals surface area contributed by atoms with Crippen LogP contribution in [0.3, 0.4) is 0 Å². The average molecular weight is 499 g/mol. The summed E-state index contributed by atoms with van der Waals surface area (Å²) in [6.45, 7) is 0. The smallest absolute Gasteiger partial charge is 0.255 e. The SMILES string of the molecule is COc1ccc(C(=O)Nc2ccc(SC(C(=O)Nc3cccc(OC)c3)c3ccccc3)cc2)cc1. The summed E-state index contributed by atoms with van der Waals surface area (Å²) in [6.07, 6.45) is 0.